The minimum absolute atomic E-state index is 0.0669. The standard InChI is InChI=1S/C13H16ClF3/c1-3-12(14)9(2)8-10-4-6-11(7-5-10)13(15,16)17/h4-7,9,12H,3,8H2,1-2H3. The number of hydrogen-bond acceptors (Lipinski definition) is 0. The lowest BCUT2D eigenvalue weighted by atomic mass is 9.96. The molecule has 0 aliphatic rings. The van der Waals surface area contributed by atoms with Crippen molar-refractivity contribution in [3.63, 3.8) is 0 Å². The quantitative estimate of drug-likeness (QED) is 0.679. The molecule has 1 rings (SSSR count). The van der Waals surface area contributed by atoms with E-state index in [4.69, 9.17) is 11.6 Å². The highest BCUT2D eigenvalue weighted by molar-refractivity contribution is 6.20. The van der Waals surface area contributed by atoms with Gasteiger partial charge in [0.25, 0.3) is 0 Å². The smallest absolute Gasteiger partial charge is 0.166 e. The first-order chi connectivity index (χ1) is 7.84. The number of alkyl halides is 4. The summed E-state index contributed by atoms with van der Waals surface area (Å²) in [5, 5.41) is 0.0669. The Balaban J connectivity index is 2.69. The zero-order chi connectivity index (χ0) is 13.1. The van der Waals surface area contributed by atoms with Gasteiger partial charge in [0.15, 0.2) is 0 Å². The molecule has 0 saturated heterocycles. The van der Waals surface area contributed by atoms with Gasteiger partial charge in [0.2, 0.25) is 0 Å². The lowest BCUT2D eigenvalue weighted by molar-refractivity contribution is -0.137. The fourth-order valence-corrected chi connectivity index (χ4v) is 1.82. The molecule has 0 fully saturated rings. The van der Waals surface area contributed by atoms with Gasteiger partial charge < -0.3 is 0 Å². The Morgan fingerprint density at radius 1 is 1.18 bits per heavy atom. The van der Waals surface area contributed by atoms with Crippen molar-refractivity contribution in [3.8, 4) is 0 Å². The minimum Gasteiger partial charge on any atom is -0.166 e. The highest BCUT2D eigenvalue weighted by Gasteiger charge is 2.29. The van der Waals surface area contributed by atoms with Crippen LogP contribution in [0.15, 0.2) is 24.3 Å². The molecule has 0 aliphatic heterocycles. The lowest BCUT2D eigenvalue weighted by Crippen LogP contribution is -2.13. The second-order valence-corrected chi connectivity index (χ2v) is 4.86. The highest BCUT2D eigenvalue weighted by atomic mass is 35.5. The van der Waals surface area contributed by atoms with Crippen LogP contribution in [0.3, 0.4) is 0 Å². The fourth-order valence-electron chi connectivity index (χ4n) is 1.73. The SMILES string of the molecule is CCC(Cl)C(C)Cc1ccc(C(F)(F)F)cc1. The van der Waals surface area contributed by atoms with Gasteiger partial charge >= 0.3 is 6.18 Å². The maximum absolute atomic E-state index is 12.3. The third kappa shape index (κ3) is 4.23. The summed E-state index contributed by atoms with van der Waals surface area (Å²) in [6, 6.07) is 5.30. The first-order valence-corrected chi connectivity index (χ1v) is 6.08. The van der Waals surface area contributed by atoms with Gasteiger partial charge in [-0.2, -0.15) is 13.2 Å². The summed E-state index contributed by atoms with van der Waals surface area (Å²) < 4.78 is 37.0. The van der Waals surface area contributed by atoms with E-state index in [9.17, 15) is 13.2 Å². The van der Waals surface area contributed by atoms with E-state index in [1.807, 2.05) is 13.8 Å². The van der Waals surface area contributed by atoms with Crippen LogP contribution >= 0.6 is 11.6 Å². The summed E-state index contributed by atoms with van der Waals surface area (Å²) in [5.74, 6) is 0.262. The summed E-state index contributed by atoms with van der Waals surface area (Å²) >= 11 is 6.09. The summed E-state index contributed by atoms with van der Waals surface area (Å²) in [5.41, 5.74) is 0.288. The van der Waals surface area contributed by atoms with Crippen molar-refractivity contribution in [2.24, 2.45) is 5.92 Å². The Bertz CT molecular complexity index is 343. The third-order valence-electron chi connectivity index (χ3n) is 2.85. The molecule has 0 radical (unpaired) electrons. The Kier molecular flexibility index (Phi) is 4.87. The molecule has 0 aliphatic carbocycles. The average Bonchev–Trinajstić information content (AvgIpc) is 2.27. The van der Waals surface area contributed by atoms with Crippen molar-refractivity contribution >= 4 is 11.6 Å². The van der Waals surface area contributed by atoms with Gasteiger partial charge in [0, 0.05) is 5.38 Å². The number of hydrogen-bond donors (Lipinski definition) is 0. The molecule has 0 bridgehead atoms. The second kappa shape index (κ2) is 5.76. The molecule has 96 valence electrons. The fraction of sp³-hybridized carbons (Fsp3) is 0.538. The van der Waals surface area contributed by atoms with E-state index in [0.717, 1.165) is 24.1 Å². The molecule has 2 atom stereocenters. The molecule has 0 amide bonds. The topological polar surface area (TPSA) is 0 Å². The number of halogens is 4. The summed E-state index contributed by atoms with van der Waals surface area (Å²) in [4.78, 5) is 0. The van der Waals surface area contributed by atoms with Crippen molar-refractivity contribution in [1.82, 2.24) is 0 Å². The van der Waals surface area contributed by atoms with Crippen LogP contribution in [0.5, 0.6) is 0 Å². The largest absolute Gasteiger partial charge is 0.416 e. The third-order valence-corrected chi connectivity index (χ3v) is 3.59. The van der Waals surface area contributed by atoms with Crippen LogP contribution in [0, 0.1) is 5.92 Å². The van der Waals surface area contributed by atoms with E-state index < -0.39 is 11.7 Å². The molecule has 17 heavy (non-hydrogen) atoms. The van der Waals surface area contributed by atoms with Gasteiger partial charge in [0.1, 0.15) is 0 Å². The summed E-state index contributed by atoms with van der Waals surface area (Å²) in [7, 11) is 0. The molecule has 0 N–H and O–H groups in total. The van der Waals surface area contributed by atoms with Gasteiger partial charge in [-0.05, 0) is 36.5 Å². The molecule has 0 aromatic heterocycles. The van der Waals surface area contributed by atoms with Gasteiger partial charge in [-0.3, -0.25) is 0 Å². The first kappa shape index (κ1) is 14.4. The maximum Gasteiger partial charge on any atom is 0.416 e. The van der Waals surface area contributed by atoms with E-state index in [-0.39, 0.29) is 11.3 Å². The van der Waals surface area contributed by atoms with Gasteiger partial charge in [0.05, 0.1) is 5.56 Å². The Hall–Kier alpha value is -0.700. The molecule has 0 nitrogen and oxygen atoms in total. The first-order valence-electron chi connectivity index (χ1n) is 5.64. The van der Waals surface area contributed by atoms with Crippen molar-refractivity contribution < 1.29 is 13.2 Å². The zero-order valence-corrected chi connectivity index (χ0v) is 10.6. The number of rotatable bonds is 4. The number of benzene rings is 1. The summed E-state index contributed by atoms with van der Waals surface area (Å²) in [6.45, 7) is 4.01. The highest BCUT2D eigenvalue weighted by Crippen LogP contribution is 2.29. The van der Waals surface area contributed by atoms with E-state index in [2.05, 4.69) is 0 Å². The van der Waals surface area contributed by atoms with Crippen LogP contribution in [-0.2, 0) is 12.6 Å². The van der Waals surface area contributed by atoms with Crippen molar-refractivity contribution in [3.05, 3.63) is 35.4 Å². The van der Waals surface area contributed by atoms with Crippen LogP contribution in [0.2, 0.25) is 0 Å². The molecule has 4 heteroatoms. The normalized spacial score (nSPS) is 15.6. The predicted molar refractivity (Wildman–Crippen MR) is 64.2 cm³/mol. The maximum atomic E-state index is 12.3. The van der Waals surface area contributed by atoms with E-state index in [0.29, 0.717) is 6.42 Å². The molecule has 0 spiro atoms. The lowest BCUT2D eigenvalue weighted by Gasteiger charge is -2.16. The van der Waals surface area contributed by atoms with Crippen LogP contribution in [-0.4, -0.2) is 5.38 Å². The molecule has 0 heterocycles. The van der Waals surface area contributed by atoms with E-state index in [1.54, 1.807) is 0 Å². The van der Waals surface area contributed by atoms with Crippen LogP contribution in [0.1, 0.15) is 31.4 Å². The molecular formula is C13H16ClF3. The zero-order valence-electron chi connectivity index (χ0n) is 9.89. The van der Waals surface area contributed by atoms with Crippen LogP contribution in [0.4, 0.5) is 13.2 Å². The summed E-state index contributed by atoms with van der Waals surface area (Å²) in [6.07, 6.45) is -2.69. The Morgan fingerprint density at radius 3 is 2.12 bits per heavy atom. The van der Waals surface area contributed by atoms with Crippen LogP contribution < -0.4 is 0 Å². The molecule has 1 aromatic carbocycles. The average molecular weight is 265 g/mol. The van der Waals surface area contributed by atoms with Gasteiger partial charge in [-0.25, -0.2) is 0 Å². The van der Waals surface area contributed by atoms with E-state index in [1.165, 1.54) is 12.1 Å². The molecular weight excluding hydrogens is 249 g/mol. The van der Waals surface area contributed by atoms with Crippen molar-refractivity contribution in [2.75, 3.05) is 0 Å². The molecule has 2 unspecified atom stereocenters. The Labute approximate surface area is 105 Å². The Morgan fingerprint density at radius 2 is 1.71 bits per heavy atom. The predicted octanol–water partition coefficient (Wildman–Crippen LogP) is 4.90. The van der Waals surface area contributed by atoms with Crippen LogP contribution in [0.25, 0.3) is 0 Å². The van der Waals surface area contributed by atoms with E-state index >= 15 is 0 Å². The molecule has 1 aromatic rings. The monoisotopic (exact) mass is 264 g/mol. The van der Waals surface area contributed by atoms with Gasteiger partial charge in [-0.15, -0.1) is 11.6 Å². The van der Waals surface area contributed by atoms with Gasteiger partial charge in [-0.1, -0.05) is 26.0 Å². The minimum atomic E-state index is -4.26. The van der Waals surface area contributed by atoms with Crippen molar-refractivity contribution in [1.29, 1.82) is 0 Å². The molecule has 0 saturated carbocycles. The second-order valence-electron chi connectivity index (χ2n) is 4.30. The van der Waals surface area contributed by atoms with Crippen molar-refractivity contribution in [2.45, 2.75) is 38.2 Å².